The average Bonchev–Trinajstić information content (AvgIpc) is 3.95. The fourth-order valence-corrected chi connectivity index (χ4v) is 10.4. The number of anilines is 3. The summed E-state index contributed by atoms with van der Waals surface area (Å²) in [5.74, 6) is 0. The van der Waals surface area contributed by atoms with Crippen LogP contribution in [-0.2, 0) is 0 Å². The number of aromatic nitrogens is 1. The quantitative estimate of drug-likeness (QED) is 0.152. The van der Waals surface area contributed by atoms with Crippen molar-refractivity contribution < 1.29 is 4.42 Å². The van der Waals surface area contributed by atoms with Gasteiger partial charge in [-0.3, -0.25) is 0 Å². The van der Waals surface area contributed by atoms with Crippen LogP contribution in [0.1, 0.15) is 0 Å². The van der Waals surface area contributed by atoms with Crippen LogP contribution in [-0.4, -0.2) is 4.57 Å². The van der Waals surface area contributed by atoms with Crippen molar-refractivity contribution in [2.45, 2.75) is 0 Å². The largest absolute Gasteiger partial charge is 0.456 e. The van der Waals surface area contributed by atoms with Crippen molar-refractivity contribution in [3.8, 4) is 50.2 Å². The molecule has 0 fully saturated rings. The maximum absolute atomic E-state index is 6.42. The van der Waals surface area contributed by atoms with Gasteiger partial charge in [0.05, 0.1) is 22.4 Å². The Bertz CT molecular complexity index is 3930. The second-order valence-corrected chi connectivity index (χ2v) is 17.2. The molecule has 0 unspecified atom stereocenters. The van der Waals surface area contributed by atoms with Gasteiger partial charge in [0.25, 0.3) is 0 Å². The first-order valence-electron chi connectivity index (χ1n) is 22.9. The summed E-state index contributed by atoms with van der Waals surface area (Å²) < 4.78 is 8.83. The molecule has 0 atom stereocenters. The molecule has 0 bridgehead atoms. The summed E-state index contributed by atoms with van der Waals surface area (Å²) in [5, 5.41) is 7.22. The molecule has 2 heterocycles. The fourth-order valence-electron chi connectivity index (χ4n) is 10.4. The number of nitrogens with zero attached hydrogens (tertiary/aromatic N) is 2. The molecule has 0 saturated heterocycles. The summed E-state index contributed by atoms with van der Waals surface area (Å²) in [7, 11) is 0. The highest BCUT2D eigenvalue weighted by atomic mass is 16.3. The van der Waals surface area contributed by atoms with Crippen molar-refractivity contribution in [3.05, 3.63) is 255 Å². The molecular formula is C64H42N2O. The summed E-state index contributed by atoms with van der Waals surface area (Å²) in [6.45, 7) is 0. The second-order valence-electron chi connectivity index (χ2n) is 17.2. The van der Waals surface area contributed by atoms with Crippen LogP contribution in [0.5, 0.6) is 0 Å². The third-order valence-corrected chi connectivity index (χ3v) is 13.4. The lowest BCUT2D eigenvalue weighted by molar-refractivity contribution is 0.669. The molecule has 0 saturated carbocycles. The normalized spacial score (nSPS) is 11.6. The van der Waals surface area contributed by atoms with Gasteiger partial charge in [-0.1, -0.05) is 188 Å². The molecule has 0 amide bonds. The zero-order valence-corrected chi connectivity index (χ0v) is 36.6. The highest BCUT2D eigenvalue weighted by molar-refractivity contribution is 6.14. The predicted octanol–water partition coefficient (Wildman–Crippen LogP) is 18.0. The van der Waals surface area contributed by atoms with E-state index in [0.717, 1.165) is 66.9 Å². The summed E-state index contributed by atoms with van der Waals surface area (Å²) in [4.78, 5) is 2.40. The van der Waals surface area contributed by atoms with Crippen LogP contribution in [0.2, 0.25) is 0 Å². The molecule has 0 aliphatic carbocycles. The van der Waals surface area contributed by atoms with E-state index in [0.29, 0.717) is 0 Å². The molecule has 0 spiro atoms. The number of furan rings is 1. The molecule has 13 rings (SSSR count). The maximum atomic E-state index is 6.42. The summed E-state index contributed by atoms with van der Waals surface area (Å²) in [6, 6.07) is 91.9. The number of hydrogen-bond donors (Lipinski definition) is 0. The zero-order valence-electron chi connectivity index (χ0n) is 36.6. The van der Waals surface area contributed by atoms with E-state index in [9.17, 15) is 0 Å². The highest BCUT2D eigenvalue weighted by Crippen LogP contribution is 2.46. The van der Waals surface area contributed by atoms with E-state index in [1.165, 1.54) is 54.8 Å². The number of rotatable bonds is 8. The minimum Gasteiger partial charge on any atom is -0.456 e. The summed E-state index contributed by atoms with van der Waals surface area (Å²) in [6.07, 6.45) is 0. The van der Waals surface area contributed by atoms with Gasteiger partial charge in [-0.15, -0.1) is 0 Å². The molecule has 3 nitrogen and oxygen atoms in total. The fraction of sp³-hybridized carbons (Fsp3) is 0. The van der Waals surface area contributed by atoms with Crippen LogP contribution in [0, 0.1) is 0 Å². The smallest absolute Gasteiger partial charge is 0.136 e. The van der Waals surface area contributed by atoms with Crippen LogP contribution >= 0.6 is 0 Å². The van der Waals surface area contributed by atoms with Gasteiger partial charge in [0.15, 0.2) is 0 Å². The van der Waals surface area contributed by atoms with Crippen LogP contribution in [0.3, 0.4) is 0 Å². The third kappa shape index (κ3) is 6.51. The van der Waals surface area contributed by atoms with Crippen LogP contribution in [0.4, 0.5) is 17.1 Å². The average molecular weight is 855 g/mol. The molecule has 0 radical (unpaired) electrons. The molecule has 0 aliphatic heterocycles. The molecule has 314 valence electrons. The Labute approximate surface area is 388 Å². The molecule has 13 aromatic rings. The van der Waals surface area contributed by atoms with E-state index < -0.39 is 0 Å². The second kappa shape index (κ2) is 16.0. The van der Waals surface area contributed by atoms with E-state index in [1.54, 1.807) is 0 Å². The number of benzene rings is 11. The zero-order chi connectivity index (χ0) is 44.3. The predicted molar refractivity (Wildman–Crippen MR) is 282 cm³/mol. The van der Waals surface area contributed by atoms with E-state index in [2.05, 4.69) is 258 Å². The Hall–Kier alpha value is -8.92. The molecule has 0 N–H and O–H groups in total. The van der Waals surface area contributed by atoms with Crippen molar-refractivity contribution in [3.63, 3.8) is 0 Å². The van der Waals surface area contributed by atoms with E-state index in [4.69, 9.17) is 4.42 Å². The summed E-state index contributed by atoms with van der Waals surface area (Å²) >= 11 is 0. The lowest BCUT2D eigenvalue weighted by atomic mass is 9.95. The van der Waals surface area contributed by atoms with E-state index in [-0.39, 0.29) is 0 Å². The Balaban J connectivity index is 0.947. The Kier molecular flexibility index (Phi) is 9.17. The first kappa shape index (κ1) is 38.5. The van der Waals surface area contributed by atoms with E-state index >= 15 is 0 Å². The number of para-hydroxylation sites is 5. The van der Waals surface area contributed by atoms with Gasteiger partial charge in [-0.2, -0.15) is 0 Å². The molecule has 0 aliphatic rings. The lowest BCUT2D eigenvalue weighted by Gasteiger charge is -2.28. The first-order valence-corrected chi connectivity index (χ1v) is 22.9. The van der Waals surface area contributed by atoms with Crippen molar-refractivity contribution in [1.82, 2.24) is 4.57 Å². The van der Waals surface area contributed by atoms with Gasteiger partial charge in [0.2, 0.25) is 0 Å². The standard InChI is InChI=1S/C64H42N2O/c1-2-20-50-44(16-1)17-14-26-51(50)47-19-13-18-46(42-47)43-34-38-48(39-35-43)65(59-29-9-6-24-55(59)56-27-15-33-63-64(56)57-25-7-12-32-62(57)67-63)49-40-36-45(37-41-49)52-21-3-8-28-58(52)66-60-30-10-4-22-53(60)54-23-5-11-31-61(54)66/h1-42H. The minimum absolute atomic E-state index is 0.876. The molecular weight excluding hydrogens is 813 g/mol. The monoisotopic (exact) mass is 854 g/mol. The Morgan fingerprint density at radius 3 is 1.61 bits per heavy atom. The number of hydrogen-bond acceptors (Lipinski definition) is 2. The third-order valence-electron chi connectivity index (χ3n) is 13.4. The van der Waals surface area contributed by atoms with Gasteiger partial charge in [0.1, 0.15) is 11.2 Å². The minimum atomic E-state index is 0.876. The SMILES string of the molecule is c1cc(-c2ccc(N(c3ccc(-c4ccccc4-n4c5ccccc5c5ccccc54)cc3)c3ccccc3-c3cccc4oc5ccccc5c34)cc2)cc(-c2cccc3ccccc23)c1. The van der Waals surface area contributed by atoms with Gasteiger partial charge in [-0.25, -0.2) is 0 Å². The van der Waals surface area contributed by atoms with Crippen molar-refractivity contribution in [2.24, 2.45) is 0 Å². The topological polar surface area (TPSA) is 21.3 Å². The first-order chi connectivity index (χ1) is 33.2. The van der Waals surface area contributed by atoms with Gasteiger partial charge in [0, 0.05) is 44.0 Å². The van der Waals surface area contributed by atoms with Crippen LogP contribution < -0.4 is 4.90 Å². The van der Waals surface area contributed by atoms with E-state index in [1.807, 2.05) is 6.07 Å². The molecule has 11 aromatic carbocycles. The Morgan fingerprint density at radius 1 is 0.313 bits per heavy atom. The lowest BCUT2D eigenvalue weighted by Crippen LogP contribution is -2.11. The number of fused-ring (bicyclic) bond motifs is 7. The van der Waals surface area contributed by atoms with Crippen LogP contribution in [0.25, 0.3) is 105 Å². The Morgan fingerprint density at radius 2 is 0.836 bits per heavy atom. The molecule has 3 heteroatoms. The van der Waals surface area contributed by atoms with Gasteiger partial charge < -0.3 is 13.9 Å². The highest BCUT2D eigenvalue weighted by Gasteiger charge is 2.22. The summed E-state index contributed by atoms with van der Waals surface area (Å²) in [5.41, 5.74) is 17.8. The molecule has 67 heavy (non-hydrogen) atoms. The van der Waals surface area contributed by atoms with Gasteiger partial charge in [-0.05, 0) is 111 Å². The van der Waals surface area contributed by atoms with Crippen molar-refractivity contribution in [1.29, 1.82) is 0 Å². The van der Waals surface area contributed by atoms with Crippen LogP contribution in [0.15, 0.2) is 259 Å². The van der Waals surface area contributed by atoms with Crippen molar-refractivity contribution >= 4 is 71.6 Å². The maximum Gasteiger partial charge on any atom is 0.136 e. The van der Waals surface area contributed by atoms with Gasteiger partial charge >= 0.3 is 0 Å². The van der Waals surface area contributed by atoms with Crippen molar-refractivity contribution in [2.75, 3.05) is 4.90 Å². The molecule has 2 aromatic heterocycles.